The molecular weight excluding hydrogens is 1020 g/mol. The first kappa shape index (κ1) is 78.3. The molecule has 0 amide bonds. The van der Waals surface area contributed by atoms with Crippen LogP contribution in [0.2, 0.25) is 0 Å². The molecule has 1 atom stereocenters. The molecule has 0 aromatic rings. The van der Waals surface area contributed by atoms with Gasteiger partial charge in [0.05, 0.1) is 0 Å². The second-order valence-electron chi connectivity index (χ2n) is 22.3. The van der Waals surface area contributed by atoms with E-state index in [4.69, 9.17) is 14.2 Å². The Morgan fingerprint density at radius 1 is 0.253 bits per heavy atom. The summed E-state index contributed by atoms with van der Waals surface area (Å²) >= 11 is 0. The lowest BCUT2D eigenvalue weighted by Gasteiger charge is -2.18. The van der Waals surface area contributed by atoms with Crippen LogP contribution < -0.4 is 0 Å². The Kier molecular flexibility index (Phi) is 65.8. The fraction of sp³-hybridized carbons (Fsp3) is 0.649. The van der Waals surface area contributed by atoms with E-state index in [-0.39, 0.29) is 31.1 Å². The number of hydrogen-bond acceptors (Lipinski definition) is 6. The second-order valence-corrected chi connectivity index (χ2v) is 22.3. The second kappa shape index (κ2) is 69.8. The van der Waals surface area contributed by atoms with Crippen molar-refractivity contribution in [3.8, 4) is 0 Å². The number of carbonyl (C=O) groups is 3. The van der Waals surface area contributed by atoms with Crippen molar-refractivity contribution in [1.29, 1.82) is 0 Å². The standard InChI is InChI=1S/C77H126O6/c1-4-7-10-13-16-19-22-25-28-30-32-34-36-38-40-42-44-46-49-52-55-58-61-64-67-70-76(79)82-73-74(72-81-75(78)69-66-63-60-57-54-51-48-27-24-21-18-15-12-9-6-3)83-77(80)71-68-65-62-59-56-53-50-47-45-43-41-39-37-35-33-31-29-26-23-20-17-14-11-8-5-2/h7,9-10,12,16,18-19,21,23,25-28,31-34,38,40,44,46,48,52,55,74H,4-6,8,11,13-15,17,20,22,24,29-30,35-37,39,41-43,45,47,49-51,53-54,56-73H2,1-3H3/b10-7-,12-9-,19-16-,21-18-,26-23-,28-25-,33-31-,34-32-,40-38-,46-44-,48-27-,55-52-. The van der Waals surface area contributed by atoms with Crippen molar-refractivity contribution in [2.24, 2.45) is 0 Å². The molecule has 0 N–H and O–H groups in total. The Bertz CT molecular complexity index is 1800. The van der Waals surface area contributed by atoms with E-state index in [0.717, 1.165) is 154 Å². The molecule has 0 aromatic carbocycles. The zero-order chi connectivity index (χ0) is 59.9. The van der Waals surface area contributed by atoms with E-state index < -0.39 is 6.10 Å². The van der Waals surface area contributed by atoms with Gasteiger partial charge in [0.2, 0.25) is 0 Å². The van der Waals surface area contributed by atoms with Gasteiger partial charge < -0.3 is 14.2 Å². The van der Waals surface area contributed by atoms with Crippen LogP contribution in [-0.2, 0) is 28.6 Å². The Labute approximate surface area is 512 Å². The molecule has 470 valence electrons. The normalized spacial score (nSPS) is 13.0. The molecule has 0 fully saturated rings. The maximum absolute atomic E-state index is 13.0. The highest BCUT2D eigenvalue weighted by Crippen LogP contribution is 2.16. The summed E-state index contributed by atoms with van der Waals surface area (Å²) in [6, 6.07) is 0. The first-order valence-electron chi connectivity index (χ1n) is 34.3. The molecule has 0 saturated heterocycles. The molecule has 1 unspecified atom stereocenters. The predicted molar refractivity (Wildman–Crippen MR) is 362 cm³/mol. The Hall–Kier alpha value is -4.71. The molecule has 0 saturated carbocycles. The van der Waals surface area contributed by atoms with Crippen molar-refractivity contribution in [1.82, 2.24) is 0 Å². The van der Waals surface area contributed by atoms with Gasteiger partial charge in [-0.05, 0) is 141 Å². The molecule has 6 heteroatoms. The highest BCUT2D eigenvalue weighted by atomic mass is 16.6. The van der Waals surface area contributed by atoms with Crippen molar-refractivity contribution in [2.75, 3.05) is 13.2 Å². The third-order valence-electron chi connectivity index (χ3n) is 14.3. The Morgan fingerprint density at radius 3 is 0.747 bits per heavy atom. The van der Waals surface area contributed by atoms with Crippen LogP contribution in [0.3, 0.4) is 0 Å². The molecular formula is C77H126O6. The topological polar surface area (TPSA) is 78.9 Å². The average Bonchev–Trinajstić information content (AvgIpc) is 3.49. The smallest absolute Gasteiger partial charge is 0.306 e. The van der Waals surface area contributed by atoms with Crippen molar-refractivity contribution >= 4 is 17.9 Å². The van der Waals surface area contributed by atoms with E-state index in [1.165, 1.54) is 109 Å². The van der Waals surface area contributed by atoms with Crippen LogP contribution in [0.1, 0.15) is 303 Å². The van der Waals surface area contributed by atoms with Crippen LogP contribution in [-0.4, -0.2) is 37.2 Å². The van der Waals surface area contributed by atoms with E-state index in [0.29, 0.717) is 19.3 Å². The summed E-state index contributed by atoms with van der Waals surface area (Å²) in [5.74, 6) is -0.948. The van der Waals surface area contributed by atoms with E-state index in [1.54, 1.807) is 0 Å². The number of unbranched alkanes of at least 4 members (excludes halogenated alkanes) is 26. The quantitative estimate of drug-likeness (QED) is 0.0261. The van der Waals surface area contributed by atoms with Gasteiger partial charge in [-0.25, -0.2) is 0 Å². The van der Waals surface area contributed by atoms with E-state index in [9.17, 15) is 14.4 Å². The lowest BCUT2D eigenvalue weighted by Crippen LogP contribution is -2.30. The third kappa shape index (κ3) is 68.0. The summed E-state index contributed by atoms with van der Waals surface area (Å²) in [6.45, 7) is 6.38. The number of esters is 3. The highest BCUT2D eigenvalue weighted by Gasteiger charge is 2.19. The molecule has 0 aliphatic heterocycles. The molecule has 0 aliphatic rings. The van der Waals surface area contributed by atoms with Crippen LogP contribution in [0.15, 0.2) is 146 Å². The molecule has 0 rings (SSSR count). The molecule has 0 bridgehead atoms. The van der Waals surface area contributed by atoms with Crippen molar-refractivity contribution in [2.45, 2.75) is 309 Å². The fourth-order valence-corrected chi connectivity index (χ4v) is 9.23. The summed E-state index contributed by atoms with van der Waals surface area (Å²) in [6.07, 6.45) is 100. The predicted octanol–water partition coefficient (Wildman–Crippen LogP) is 23.9. The van der Waals surface area contributed by atoms with Gasteiger partial charge in [-0.3, -0.25) is 14.4 Å². The molecule has 0 radical (unpaired) electrons. The SMILES string of the molecule is CC/C=C\C/C=C\C/C=C\C/C=C\C/C=C\C/C=C\C/C=C\CCCCCC(=O)OCC(COC(=O)CCCCCCC/C=C\C/C=C\C/C=C\CC)OC(=O)CCCCCCCCCCCCCCC/C=C\C/C=C\CCCCCCC. The van der Waals surface area contributed by atoms with Crippen LogP contribution in [0, 0.1) is 0 Å². The number of carbonyl (C=O) groups excluding carboxylic acids is 3. The fourth-order valence-electron chi connectivity index (χ4n) is 9.23. The third-order valence-corrected chi connectivity index (χ3v) is 14.3. The lowest BCUT2D eigenvalue weighted by atomic mass is 10.0. The van der Waals surface area contributed by atoms with Gasteiger partial charge >= 0.3 is 17.9 Å². The van der Waals surface area contributed by atoms with Gasteiger partial charge in [0, 0.05) is 19.3 Å². The van der Waals surface area contributed by atoms with Gasteiger partial charge in [-0.15, -0.1) is 0 Å². The lowest BCUT2D eigenvalue weighted by molar-refractivity contribution is -0.167. The van der Waals surface area contributed by atoms with E-state index in [1.807, 2.05) is 0 Å². The minimum atomic E-state index is -0.808. The number of ether oxygens (including phenoxy) is 3. The molecule has 6 nitrogen and oxygen atoms in total. The summed E-state index contributed by atoms with van der Waals surface area (Å²) < 4.78 is 16.9. The Balaban J connectivity index is 4.44. The van der Waals surface area contributed by atoms with Gasteiger partial charge in [0.25, 0.3) is 0 Å². The van der Waals surface area contributed by atoms with Gasteiger partial charge in [0.15, 0.2) is 6.10 Å². The molecule has 0 aromatic heterocycles. The average molecular weight is 1150 g/mol. The monoisotopic (exact) mass is 1150 g/mol. The minimum Gasteiger partial charge on any atom is -0.462 e. The van der Waals surface area contributed by atoms with Crippen LogP contribution in [0.4, 0.5) is 0 Å². The zero-order valence-electron chi connectivity index (χ0n) is 53.9. The molecule has 0 spiro atoms. The number of hydrogen-bond donors (Lipinski definition) is 0. The Morgan fingerprint density at radius 2 is 0.470 bits per heavy atom. The molecule has 0 heterocycles. The van der Waals surface area contributed by atoms with Crippen LogP contribution in [0.5, 0.6) is 0 Å². The van der Waals surface area contributed by atoms with Crippen LogP contribution in [0.25, 0.3) is 0 Å². The summed E-state index contributed by atoms with van der Waals surface area (Å²) in [5.41, 5.74) is 0. The maximum Gasteiger partial charge on any atom is 0.306 e. The number of rotatable bonds is 61. The minimum absolute atomic E-state index is 0.102. The summed E-state index contributed by atoms with van der Waals surface area (Å²) in [7, 11) is 0. The van der Waals surface area contributed by atoms with Gasteiger partial charge in [0.1, 0.15) is 13.2 Å². The summed E-state index contributed by atoms with van der Waals surface area (Å²) in [4.78, 5) is 38.4. The van der Waals surface area contributed by atoms with Gasteiger partial charge in [-0.1, -0.05) is 289 Å². The van der Waals surface area contributed by atoms with Gasteiger partial charge in [-0.2, -0.15) is 0 Å². The largest absolute Gasteiger partial charge is 0.462 e. The first-order chi connectivity index (χ1) is 41.0. The molecule has 0 aliphatic carbocycles. The number of allylic oxidation sites excluding steroid dienone is 24. The van der Waals surface area contributed by atoms with Crippen molar-refractivity contribution in [3.63, 3.8) is 0 Å². The zero-order valence-corrected chi connectivity index (χ0v) is 53.9. The highest BCUT2D eigenvalue weighted by molar-refractivity contribution is 5.71. The van der Waals surface area contributed by atoms with Crippen molar-refractivity contribution in [3.05, 3.63) is 146 Å². The van der Waals surface area contributed by atoms with Crippen molar-refractivity contribution < 1.29 is 28.6 Å². The summed E-state index contributed by atoms with van der Waals surface area (Å²) in [5, 5.41) is 0. The molecule has 83 heavy (non-hydrogen) atoms. The maximum atomic E-state index is 13.0. The van der Waals surface area contributed by atoms with Crippen LogP contribution >= 0.6 is 0 Å². The first-order valence-corrected chi connectivity index (χ1v) is 34.3. The van der Waals surface area contributed by atoms with E-state index >= 15 is 0 Å². The van der Waals surface area contributed by atoms with E-state index in [2.05, 4.69) is 167 Å².